The van der Waals surface area contributed by atoms with Crippen LogP contribution in [0.5, 0.6) is 0 Å². The topological polar surface area (TPSA) is 55.1 Å². The second kappa shape index (κ2) is 7.35. The van der Waals surface area contributed by atoms with Gasteiger partial charge in [0.15, 0.2) is 0 Å². The number of hydrogen-bond acceptors (Lipinski definition) is 3. The molecular formula is C13H20N2OS. The first kappa shape index (κ1) is 14.1. The Morgan fingerprint density at radius 2 is 2.06 bits per heavy atom. The summed E-state index contributed by atoms with van der Waals surface area (Å²) in [5.41, 5.74) is 6.97. The molecule has 0 aliphatic heterocycles. The third-order valence-electron chi connectivity index (χ3n) is 2.44. The van der Waals surface area contributed by atoms with E-state index in [-0.39, 0.29) is 11.9 Å². The Labute approximate surface area is 107 Å². The molecule has 0 spiro atoms. The van der Waals surface area contributed by atoms with Crippen LogP contribution in [0.15, 0.2) is 30.3 Å². The van der Waals surface area contributed by atoms with Crippen molar-refractivity contribution in [2.75, 3.05) is 12.0 Å². The van der Waals surface area contributed by atoms with Gasteiger partial charge in [-0.2, -0.15) is 11.8 Å². The lowest BCUT2D eigenvalue weighted by atomic mass is 10.1. The van der Waals surface area contributed by atoms with Gasteiger partial charge in [0, 0.05) is 11.8 Å². The van der Waals surface area contributed by atoms with Gasteiger partial charge in [-0.1, -0.05) is 30.3 Å². The molecule has 0 saturated carbocycles. The van der Waals surface area contributed by atoms with Gasteiger partial charge in [-0.05, 0) is 25.2 Å². The highest BCUT2D eigenvalue weighted by Crippen LogP contribution is 2.03. The number of nitrogens with two attached hydrogens (primary N) is 1. The zero-order chi connectivity index (χ0) is 12.7. The molecule has 0 fully saturated rings. The quantitative estimate of drug-likeness (QED) is 0.805. The highest BCUT2D eigenvalue weighted by Gasteiger charge is 2.15. The molecule has 4 heteroatoms. The molecule has 1 aromatic rings. The van der Waals surface area contributed by atoms with Crippen LogP contribution in [0.4, 0.5) is 0 Å². The molecule has 17 heavy (non-hydrogen) atoms. The van der Waals surface area contributed by atoms with Crippen molar-refractivity contribution in [3.8, 4) is 0 Å². The van der Waals surface area contributed by atoms with Crippen LogP contribution in [0.3, 0.4) is 0 Å². The molecule has 0 aliphatic carbocycles. The fourth-order valence-electron chi connectivity index (χ4n) is 1.60. The van der Waals surface area contributed by atoms with Gasteiger partial charge in [0.25, 0.3) is 0 Å². The zero-order valence-corrected chi connectivity index (χ0v) is 11.2. The summed E-state index contributed by atoms with van der Waals surface area (Å²) in [6.45, 7) is 1.99. The van der Waals surface area contributed by atoms with E-state index in [2.05, 4.69) is 5.32 Å². The molecule has 0 radical (unpaired) electrons. The first-order chi connectivity index (χ1) is 8.13. The minimum Gasteiger partial charge on any atom is -0.351 e. The first-order valence-corrected chi connectivity index (χ1v) is 7.11. The number of rotatable bonds is 6. The molecule has 0 saturated heterocycles. The average molecular weight is 252 g/mol. The maximum absolute atomic E-state index is 11.8. The molecule has 0 heterocycles. The number of thioether (sulfide) groups is 1. The Balaban J connectivity index is 2.42. The number of hydrogen-bond donors (Lipinski definition) is 2. The number of benzene rings is 1. The summed E-state index contributed by atoms with van der Waals surface area (Å²) in [5.74, 6) is 0.833. The van der Waals surface area contributed by atoms with Crippen molar-refractivity contribution >= 4 is 17.7 Å². The highest BCUT2D eigenvalue weighted by atomic mass is 32.2. The maximum atomic E-state index is 11.8. The van der Waals surface area contributed by atoms with Gasteiger partial charge in [-0.25, -0.2) is 0 Å². The van der Waals surface area contributed by atoms with E-state index >= 15 is 0 Å². The van der Waals surface area contributed by atoms with Gasteiger partial charge in [0.2, 0.25) is 5.91 Å². The summed E-state index contributed by atoms with van der Waals surface area (Å²) in [6.07, 6.45) is 2.60. The van der Waals surface area contributed by atoms with Crippen molar-refractivity contribution in [3.05, 3.63) is 35.9 Å². The lowest BCUT2D eigenvalue weighted by Crippen LogP contribution is -2.46. The van der Waals surface area contributed by atoms with Gasteiger partial charge < -0.3 is 11.1 Å². The molecule has 0 aliphatic rings. The van der Waals surface area contributed by atoms with Crippen LogP contribution in [0.1, 0.15) is 12.5 Å². The molecule has 1 aromatic carbocycles. The lowest BCUT2D eigenvalue weighted by molar-refractivity contribution is -0.122. The van der Waals surface area contributed by atoms with Gasteiger partial charge in [0.1, 0.15) is 0 Å². The minimum absolute atomic E-state index is 0.0737. The number of carbonyl (C=O) groups is 1. The molecule has 3 N–H and O–H groups in total. The van der Waals surface area contributed by atoms with Crippen LogP contribution < -0.4 is 11.1 Å². The first-order valence-electron chi connectivity index (χ1n) is 5.72. The number of amides is 1. The van der Waals surface area contributed by atoms with E-state index < -0.39 is 6.04 Å². The van der Waals surface area contributed by atoms with E-state index in [9.17, 15) is 4.79 Å². The van der Waals surface area contributed by atoms with Crippen LogP contribution in [0, 0.1) is 0 Å². The standard InChI is InChI=1S/C13H20N2OS/c1-10(9-17-2)15-13(16)12(14)8-11-6-4-3-5-7-11/h3-7,10,12H,8-9,14H2,1-2H3,(H,15,16)/t10?,12-/m0/s1. The Morgan fingerprint density at radius 3 is 2.65 bits per heavy atom. The molecule has 0 bridgehead atoms. The molecule has 1 unspecified atom stereocenters. The fourth-order valence-corrected chi connectivity index (χ4v) is 2.19. The van der Waals surface area contributed by atoms with Crippen molar-refractivity contribution in [1.29, 1.82) is 0 Å². The van der Waals surface area contributed by atoms with Gasteiger partial charge in [-0.15, -0.1) is 0 Å². The van der Waals surface area contributed by atoms with Crippen molar-refractivity contribution in [2.24, 2.45) is 5.73 Å². The fraction of sp³-hybridized carbons (Fsp3) is 0.462. The predicted molar refractivity (Wildman–Crippen MR) is 74.1 cm³/mol. The monoisotopic (exact) mass is 252 g/mol. The van der Waals surface area contributed by atoms with Gasteiger partial charge in [-0.3, -0.25) is 4.79 Å². The molecule has 3 nitrogen and oxygen atoms in total. The van der Waals surface area contributed by atoms with E-state index in [1.807, 2.05) is 43.5 Å². The van der Waals surface area contributed by atoms with Crippen molar-refractivity contribution in [3.63, 3.8) is 0 Å². The van der Waals surface area contributed by atoms with Crippen LogP contribution in [0.25, 0.3) is 0 Å². The third kappa shape index (κ3) is 5.24. The highest BCUT2D eigenvalue weighted by molar-refractivity contribution is 7.98. The second-order valence-electron chi connectivity index (χ2n) is 4.16. The second-order valence-corrected chi connectivity index (χ2v) is 5.07. The predicted octanol–water partition coefficient (Wildman–Crippen LogP) is 1.42. The van der Waals surface area contributed by atoms with Crippen molar-refractivity contribution < 1.29 is 4.79 Å². The van der Waals surface area contributed by atoms with Gasteiger partial charge in [0.05, 0.1) is 6.04 Å². The normalized spacial score (nSPS) is 14.1. The molecule has 1 amide bonds. The lowest BCUT2D eigenvalue weighted by Gasteiger charge is -2.16. The van der Waals surface area contributed by atoms with Gasteiger partial charge >= 0.3 is 0 Å². The number of nitrogens with one attached hydrogen (secondary N) is 1. The van der Waals surface area contributed by atoms with E-state index in [0.29, 0.717) is 6.42 Å². The summed E-state index contributed by atoms with van der Waals surface area (Å²) < 4.78 is 0. The molecule has 0 aromatic heterocycles. The van der Waals surface area contributed by atoms with Crippen LogP contribution in [-0.4, -0.2) is 30.0 Å². The summed E-state index contributed by atoms with van der Waals surface area (Å²) in [5, 5.41) is 2.92. The van der Waals surface area contributed by atoms with Crippen LogP contribution in [-0.2, 0) is 11.2 Å². The minimum atomic E-state index is -0.471. The average Bonchev–Trinajstić information content (AvgIpc) is 2.30. The summed E-state index contributed by atoms with van der Waals surface area (Å²) >= 11 is 1.71. The Morgan fingerprint density at radius 1 is 1.41 bits per heavy atom. The molecular weight excluding hydrogens is 232 g/mol. The Hall–Kier alpha value is -1.00. The summed E-state index contributed by atoms with van der Waals surface area (Å²) in [6, 6.07) is 9.53. The summed E-state index contributed by atoms with van der Waals surface area (Å²) in [7, 11) is 0. The molecule has 94 valence electrons. The molecule has 2 atom stereocenters. The smallest absolute Gasteiger partial charge is 0.237 e. The number of carbonyl (C=O) groups excluding carboxylic acids is 1. The largest absolute Gasteiger partial charge is 0.351 e. The van der Waals surface area contributed by atoms with Crippen LogP contribution >= 0.6 is 11.8 Å². The zero-order valence-electron chi connectivity index (χ0n) is 10.3. The van der Waals surface area contributed by atoms with E-state index in [1.165, 1.54) is 0 Å². The summed E-state index contributed by atoms with van der Waals surface area (Å²) in [4.78, 5) is 11.8. The van der Waals surface area contributed by atoms with E-state index in [0.717, 1.165) is 11.3 Å². The van der Waals surface area contributed by atoms with Crippen molar-refractivity contribution in [2.45, 2.75) is 25.4 Å². The Kier molecular flexibility index (Phi) is 6.08. The van der Waals surface area contributed by atoms with E-state index in [1.54, 1.807) is 11.8 Å². The van der Waals surface area contributed by atoms with Crippen LogP contribution in [0.2, 0.25) is 0 Å². The van der Waals surface area contributed by atoms with Crippen molar-refractivity contribution in [1.82, 2.24) is 5.32 Å². The third-order valence-corrected chi connectivity index (χ3v) is 3.27. The molecule has 1 rings (SSSR count). The maximum Gasteiger partial charge on any atom is 0.237 e. The SMILES string of the molecule is CSCC(C)NC(=O)[C@@H](N)Cc1ccccc1. The van der Waals surface area contributed by atoms with E-state index in [4.69, 9.17) is 5.73 Å². The Bertz CT molecular complexity index is 343.